The van der Waals surface area contributed by atoms with E-state index in [1.54, 1.807) is 0 Å². The van der Waals surface area contributed by atoms with E-state index in [1.165, 1.54) is 0 Å². The van der Waals surface area contributed by atoms with Crippen molar-refractivity contribution in [1.29, 1.82) is 0 Å². The maximum Gasteiger partial charge on any atom is 0.407 e. The zero-order valence-electron chi connectivity index (χ0n) is 16.0. The minimum absolute atomic E-state index is 0.00178. The minimum atomic E-state index is -0.472. The molecule has 1 N–H and O–H groups in total. The largest absolute Gasteiger partial charge is 0.454 e. The highest BCUT2D eigenvalue weighted by atomic mass is 16.7. The highest BCUT2D eigenvalue weighted by Gasteiger charge is 2.41. The number of nitrogens with one attached hydrogen (secondary N) is 1. The maximum absolute atomic E-state index is 13.1. The summed E-state index contributed by atoms with van der Waals surface area (Å²) in [5, 5.41) is 2.74. The van der Waals surface area contributed by atoms with Gasteiger partial charge in [0, 0.05) is 25.1 Å². The van der Waals surface area contributed by atoms with Crippen LogP contribution in [-0.4, -0.2) is 48.9 Å². The third kappa shape index (κ3) is 3.37. The van der Waals surface area contributed by atoms with Crippen molar-refractivity contribution in [3.05, 3.63) is 48.0 Å². The van der Waals surface area contributed by atoms with Crippen LogP contribution in [0, 0.1) is 0 Å². The van der Waals surface area contributed by atoms with E-state index in [0.717, 1.165) is 35.5 Å². The molecule has 29 heavy (non-hydrogen) atoms. The molecule has 7 nitrogen and oxygen atoms in total. The monoisotopic (exact) mass is 394 g/mol. The summed E-state index contributed by atoms with van der Waals surface area (Å²) >= 11 is 0. The van der Waals surface area contributed by atoms with Crippen LogP contribution in [0.15, 0.2) is 42.5 Å². The predicted molar refractivity (Wildman–Crippen MR) is 105 cm³/mol. The van der Waals surface area contributed by atoms with E-state index in [1.807, 2.05) is 47.4 Å². The number of amides is 2. The van der Waals surface area contributed by atoms with Crippen LogP contribution in [0.1, 0.15) is 29.6 Å². The number of rotatable bonds is 2. The quantitative estimate of drug-likeness (QED) is 0.847. The molecule has 2 fully saturated rings. The number of carbonyl (C=O) groups excluding carboxylic acids is 2. The normalized spacial score (nSPS) is 22.9. The van der Waals surface area contributed by atoms with E-state index >= 15 is 0 Å². The molecule has 3 heterocycles. The Kier molecular flexibility index (Phi) is 4.30. The Morgan fingerprint density at radius 2 is 1.86 bits per heavy atom. The first kappa shape index (κ1) is 17.8. The summed E-state index contributed by atoms with van der Waals surface area (Å²) in [6, 6.07) is 13.4. The number of hydrogen-bond acceptors (Lipinski definition) is 5. The second-order valence-electron chi connectivity index (χ2n) is 7.72. The van der Waals surface area contributed by atoms with Crippen molar-refractivity contribution in [1.82, 2.24) is 10.2 Å². The van der Waals surface area contributed by atoms with Gasteiger partial charge in [0.2, 0.25) is 6.79 Å². The number of carbonyl (C=O) groups is 2. The minimum Gasteiger partial charge on any atom is -0.454 e. The topological polar surface area (TPSA) is 77.1 Å². The summed E-state index contributed by atoms with van der Waals surface area (Å²) in [4.78, 5) is 26.5. The number of hydrogen-bond donors (Lipinski definition) is 1. The summed E-state index contributed by atoms with van der Waals surface area (Å²) in [6.07, 6.45) is 1.87. The molecule has 0 aliphatic carbocycles. The Bertz CT molecular complexity index is 975. The lowest BCUT2D eigenvalue weighted by atomic mass is 9.95. The van der Waals surface area contributed by atoms with Gasteiger partial charge < -0.3 is 24.4 Å². The molecule has 1 spiro atoms. The molecule has 0 aromatic heterocycles. The van der Waals surface area contributed by atoms with E-state index in [0.29, 0.717) is 31.6 Å². The van der Waals surface area contributed by atoms with Crippen LogP contribution in [-0.2, 0) is 4.74 Å². The fourth-order valence-corrected chi connectivity index (χ4v) is 4.24. The van der Waals surface area contributed by atoms with E-state index in [4.69, 9.17) is 14.2 Å². The van der Waals surface area contributed by atoms with E-state index in [2.05, 4.69) is 5.32 Å². The molecule has 2 saturated heterocycles. The molecule has 7 heteroatoms. The first-order chi connectivity index (χ1) is 14.1. The average molecular weight is 394 g/mol. The lowest BCUT2D eigenvalue weighted by Crippen LogP contribution is -2.36. The second-order valence-corrected chi connectivity index (χ2v) is 7.72. The molecule has 1 atom stereocenters. The highest BCUT2D eigenvalue weighted by Crippen LogP contribution is 2.36. The molecule has 2 amide bonds. The van der Waals surface area contributed by atoms with Crippen molar-refractivity contribution in [2.24, 2.45) is 0 Å². The summed E-state index contributed by atoms with van der Waals surface area (Å²) in [7, 11) is 0. The van der Waals surface area contributed by atoms with Crippen molar-refractivity contribution in [2.75, 3.05) is 26.4 Å². The molecular weight excluding hydrogens is 372 g/mol. The third-order valence-electron chi connectivity index (χ3n) is 5.86. The van der Waals surface area contributed by atoms with Crippen LogP contribution >= 0.6 is 0 Å². The Balaban J connectivity index is 1.34. The van der Waals surface area contributed by atoms with Crippen LogP contribution in [0.25, 0.3) is 11.1 Å². The van der Waals surface area contributed by atoms with Gasteiger partial charge in [-0.05, 0) is 48.2 Å². The van der Waals surface area contributed by atoms with Crippen molar-refractivity contribution in [2.45, 2.75) is 24.9 Å². The van der Waals surface area contributed by atoms with Gasteiger partial charge in [-0.2, -0.15) is 0 Å². The van der Waals surface area contributed by atoms with Gasteiger partial charge in [-0.1, -0.05) is 18.2 Å². The van der Waals surface area contributed by atoms with Crippen molar-refractivity contribution < 1.29 is 23.8 Å². The first-order valence-electron chi connectivity index (χ1n) is 9.88. The Labute approximate surface area is 168 Å². The van der Waals surface area contributed by atoms with Crippen LogP contribution < -0.4 is 14.8 Å². The van der Waals surface area contributed by atoms with Crippen molar-refractivity contribution >= 4 is 12.0 Å². The van der Waals surface area contributed by atoms with Crippen molar-refractivity contribution in [3.8, 4) is 22.6 Å². The zero-order valence-corrected chi connectivity index (χ0v) is 16.0. The SMILES string of the molecule is O=C1NCC2(CCCN(C(=O)c3cccc(-c4ccc5c(c4)OCO5)c3)CC2)O1. The number of ether oxygens (including phenoxy) is 3. The molecule has 3 aliphatic rings. The molecule has 3 aliphatic heterocycles. The number of nitrogens with zero attached hydrogens (tertiary/aromatic N) is 1. The summed E-state index contributed by atoms with van der Waals surface area (Å²) in [6.45, 7) is 1.99. The van der Waals surface area contributed by atoms with Gasteiger partial charge in [0.25, 0.3) is 5.91 Å². The lowest BCUT2D eigenvalue weighted by molar-refractivity contribution is 0.0438. The van der Waals surface area contributed by atoms with Gasteiger partial charge in [-0.15, -0.1) is 0 Å². The molecule has 150 valence electrons. The van der Waals surface area contributed by atoms with Gasteiger partial charge >= 0.3 is 6.09 Å². The van der Waals surface area contributed by atoms with Gasteiger partial charge in [0.1, 0.15) is 5.60 Å². The van der Waals surface area contributed by atoms with Gasteiger partial charge in [-0.25, -0.2) is 4.79 Å². The number of fused-ring (bicyclic) bond motifs is 1. The first-order valence-corrected chi connectivity index (χ1v) is 9.88. The number of likely N-dealkylation sites (tertiary alicyclic amines) is 1. The van der Waals surface area contributed by atoms with E-state index in [9.17, 15) is 9.59 Å². The number of alkyl carbamates (subject to hydrolysis) is 1. The Morgan fingerprint density at radius 3 is 2.72 bits per heavy atom. The lowest BCUT2D eigenvalue weighted by Gasteiger charge is -2.25. The number of benzene rings is 2. The molecule has 0 radical (unpaired) electrons. The van der Waals surface area contributed by atoms with E-state index in [-0.39, 0.29) is 18.8 Å². The van der Waals surface area contributed by atoms with Crippen LogP contribution in [0.3, 0.4) is 0 Å². The molecule has 5 rings (SSSR count). The second kappa shape index (κ2) is 6.99. The summed E-state index contributed by atoms with van der Waals surface area (Å²) < 4.78 is 16.3. The third-order valence-corrected chi connectivity index (χ3v) is 5.86. The molecular formula is C22H22N2O5. The molecule has 0 bridgehead atoms. The fraction of sp³-hybridized carbons (Fsp3) is 0.364. The Morgan fingerprint density at radius 1 is 1.00 bits per heavy atom. The van der Waals surface area contributed by atoms with Crippen LogP contribution in [0.5, 0.6) is 11.5 Å². The average Bonchev–Trinajstić information content (AvgIpc) is 3.30. The zero-order chi connectivity index (χ0) is 19.8. The highest BCUT2D eigenvalue weighted by molar-refractivity contribution is 5.95. The summed E-state index contributed by atoms with van der Waals surface area (Å²) in [5.74, 6) is 1.46. The summed E-state index contributed by atoms with van der Waals surface area (Å²) in [5.41, 5.74) is 2.11. The molecule has 0 saturated carbocycles. The smallest absolute Gasteiger partial charge is 0.407 e. The maximum atomic E-state index is 13.1. The van der Waals surface area contributed by atoms with Crippen LogP contribution in [0.2, 0.25) is 0 Å². The van der Waals surface area contributed by atoms with Gasteiger partial charge in [0.15, 0.2) is 11.5 Å². The molecule has 2 aromatic rings. The van der Waals surface area contributed by atoms with Crippen LogP contribution in [0.4, 0.5) is 4.79 Å². The van der Waals surface area contributed by atoms with E-state index < -0.39 is 5.60 Å². The molecule has 2 aromatic carbocycles. The standard InChI is InChI=1S/C22H22N2O5/c25-20(24-9-2-7-22(8-10-24)13-23-21(26)29-22)17-4-1-3-15(11-17)16-5-6-18-19(12-16)28-14-27-18/h1,3-6,11-12H,2,7-10,13-14H2,(H,23,26). The fourth-order valence-electron chi connectivity index (χ4n) is 4.24. The Hall–Kier alpha value is -3.22. The predicted octanol–water partition coefficient (Wildman–Crippen LogP) is 3.19. The van der Waals surface area contributed by atoms with Gasteiger partial charge in [-0.3, -0.25) is 4.79 Å². The molecule has 1 unspecified atom stereocenters. The van der Waals surface area contributed by atoms with Crippen molar-refractivity contribution in [3.63, 3.8) is 0 Å². The van der Waals surface area contributed by atoms with Gasteiger partial charge in [0.05, 0.1) is 6.54 Å².